The minimum absolute atomic E-state index is 0.0500. The van der Waals surface area contributed by atoms with Crippen LogP contribution in [0.3, 0.4) is 0 Å². The van der Waals surface area contributed by atoms with Gasteiger partial charge in [-0.3, -0.25) is 9.59 Å². The Morgan fingerprint density at radius 2 is 1.71 bits per heavy atom. The molecule has 2 atom stereocenters. The number of carbonyl (C=O) groups excluding carboxylic acids is 3. The lowest BCUT2D eigenvalue weighted by Crippen LogP contribution is -2.53. The van der Waals surface area contributed by atoms with E-state index in [0.29, 0.717) is 38.0 Å². The van der Waals surface area contributed by atoms with Crippen LogP contribution in [0, 0.1) is 12.8 Å². The third-order valence-electron chi connectivity index (χ3n) is 6.36. The Kier molecular flexibility index (Phi) is 6.07. The number of ether oxygens (including phenoxy) is 1. The first kappa shape index (κ1) is 21.1. The van der Waals surface area contributed by atoms with E-state index >= 15 is 0 Å². The minimum Gasteiger partial charge on any atom is -0.467 e. The van der Waals surface area contributed by atoms with Gasteiger partial charge in [-0.2, -0.15) is 0 Å². The molecule has 2 aliphatic rings. The van der Waals surface area contributed by atoms with E-state index in [4.69, 9.17) is 4.74 Å². The van der Waals surface area contributed by atoms with E-state index in [1.807, 2.05) is 55.5 Å². The zero-order valence-electron chi connectivity index (χ0n) is 18.0. The Morgan fingerprint density at radius 3 is 2.42 bits per heavy atom. The third-order valence-corrected chi connectivity index (χ3v) is 6.36. The second-order valence-electron chi connectivity index (χ2n) is 8.43. The molecular weight excluding hydrogens is 392 g/mol. The van der Waals surface area contributed by atoms with Crippen LogP contribution in [-0.4, -0.2) is 53.8 Å². The van der Waals surface area contributed by atoms with Crippen molar-refractivity contribution < 1.29 is 19.1 Å². The maximum Gasteiger partial charge on any atom is 0.328 e. The number of hydrogen-bond acceptors (Lipinski definition) is 4. The highest BCUT2D eigenvalue weighted by Crippen LogP contribution is 2.28. The summed E-state index contributed by atoms with van der Waals surface area (Å²) in [6.07, 6.45) is 1.93. The molecule has 6 nitrogen and oxygen atoms in total. The summed E-state index contributed by atoms with van der Waals surface area (Å²) in [4.78, 5) is 42.4. The average molecular weight is 421 g/mol. The molecule has 0 aromatic heterocycles. The van der Waals surface area contributed by atoms with Crippen molar-refractivity contribution in [3.05, 3.63) is 70.8 Å². The maximum absolute atomic E-state index is 13.5. The van der Waals surface area contributed by atoms with Crippen LogP contribution in [0.2, 0.25) is 0 Å². The van der Waals surface area contributed by atoms with Gasteiger partial charge >= 0.3 is 5.97 Å². The van der Waals surface area contributed by atoms with Crippen LogP contribution in [0.1, 0.15) is 39.9 Å². The Balaban J connectivity index is 1.52. The SMILES string of the molecule is COC(=O)C1Cc2ccccc2CN1C(=O)C1CCCN(C(=O)c2ccc(C)cc2)C1. The van der Waals surface area contributed by atoms with Gasteiger partial charge in [0.25, 0.3) is 5.91 Å². The molecule has 0 spiro atoms. The summed E-state index contributed by atoms with van der Waals surface area (Å²) in [6.45, 7) is 3.38. The maximum atomic E-state index is 13.5. The molecule has 2 heterocycles. The lowest BCUT2D eigenvalue weighted by Gasteiger charge is -2.39. The van der Waals surface area contributed by atoms with E-state index in [2.05, 4.69) is 0 Å². The predicted molar refractivity (Wildman–Crippen MR) is 116 cm³/mol. The number of benzene rings is 2. The van der Waals surface area contributed by atoms with Crippen LogP contribution in [0.15, 0.2) is 48.5 Å². The first-order chi connectivity index (χ1) is 15.0. The van der Waals surface area contributed by atoms with Crippen molar-refractivity contribution in [1.82, 2.24) is 9.80 Å². The molecule has 2 aromatic carbocycles. The predicted octanol–water partition coefficient (Wildman–Crippen LogP) is 2.97. The van der Waals surface area contributed by atoms with E-state index in [-0.39, 0.29) is 17.7 Å². The third kappa shape index (κ3) is 4.33. The van der Waals surface area contributed by atoms with Crippen molar-refractivity contribution in [3.63, 3.8) is 0 Å². The number of fused-ring (bicyclic) bond motifs is 1. The standard InChI is InChI=1S/C25H28N2O4/c1-17-9-11-18(12-10-17)23(28)26-13-5-8-21(15-26)24(29)27-16-20-7-4-3-6-19(20)14-22(27)25(30)31-2/h3-4,6-7,9-12,21-22H,5,8,13-16H2,1-2H3. The van der Waals surface area contributed by atoms with Crippen LogP contribution in [-0.2, 0) is 27.3 Å². The van der Waals surface area contributed by atoms with Gasteiger partial charge in [0.05, 0.1) is 13.0 Å². The number of hydrogen-bond donors (Lipinski definition) is 0. The monoisotopic (exact) mass is 420 g/mol. The van der Waals surface area contributed by atoms with Gasteiger partial charge in [-0.25, -0.2) is 4.79 Å². The summed E-state index contributed by atoms with van der Waals surface area (Å²) >= 11 is 0. The van der Waals surface area contributed by atoms with Crippen molar-refractivity contribution in [2.45, 2.75) is 38.8 Å². The van der Waals surface area contributed by atoms with E-state index < -0.39 is 12.0 Å². The molecule has 31 heavy (non-hydrogen) atoms. The second kappa shape index (κ2) is 8.92. The largest absolute Gasteiger partial charge is 0.467 e. The zero-order valence-corrected chi connectivity index (χ0v) is 18.0. The highest BCUT2D eigenvalue weighted by molar-refractivity contribution is 5.95. The number of nitrogens with zero attached hydrogens (tertiary/aromatic N) is 2. The molecule has 6 heteroatoms. The normalized spacial score (nSPS) is 20.7. The lowest BCUT2D eigenvalue weighted by atomic mass is 9.90. The summed E-state index contributed by atoms with van der Waals surface area (Å²) < 4.78 is 5.00. The van der Waals surface area contributed by atoms with Gasteiger partial charge in [0.1, 0.15) is 6.04 Å². The van der Waals surface area contributed by atoms with Crippen LogP contribution in [0.25, 0.3) is 0 Å². The molecule has 0 bridgehead atoms. The van der Waals surface area contributed by atoms with E-state index in [1.165, 1.54) is 7.11 Å². The zero-order chi connectivity index (χ0) is 22.0. The van der Waals surface area contributed by atoms with Crippen molar-refractivity contribution in [2.75, 3.05) is 20.2 Å². The highest BCUT2D eigenvalue weighted by Gasteiger charge is 2.39. The summed E-state index contributed by atoms with van der Waals surface area (Å²) in [6, 6.07) is 14.8. The van der Waals surface area contributed by atoms with Gasteiger partial charge in [-0.15, -0.1) is 0 Å². The van der Waals surface area contributed by atoms with Crippen molar-refractivity contribution in [3.8, 4) is 0 Å². The Morgan fingerprint density at radius 1 is 1.00 bits per heavy atom. The molecule has 2 aromatic rings. The average Bonchev–Trinajstić information content (AvgIpc) is 2.82. The second-order valence-corrected chi connectivity index (χ2v) is 8.43. The van der Waals surface area contributed by atoms with Crippen molar-refractivity contribution in [1.29, 1.82) is 0 Å². The van der Waals surface area contributed by atoms with E-state index in [0.717, 1.165) is 23.1 Å². The number of piperidine rings is 1. The number of likely N-dealkylation sites (tertiary alicyclic amines) is 1. The first-order valence-electron chi connectivity index (χ1n) is 10.8. The molecule has 2 amide bonds. The molecule has 1 fully saturated rings. The molecule has 0 radical (unpaired) electrons. The van der Waals surface area contributed by atoms with E-state index in [1.54, 1.807) is 9.80 Å². The fourth-order valence-electron chi connectivity index (χ4n) is 4.58. The van der Waals surface area contributed by atoms with Crippen LogP contribution in [0.5, 0.6) is 0 Å². The number of esters is 1. The minimum atomic E-state index is -0.629. The number of aryl methyl sites for hydroxylation is 1. The van der Waals surface area contributed by atoms with Crippen LogP contribution >= 0.6 is 0 Å². The highest BCUT2D eigenvalue weighted by atomic mass is 16.5. The fourth-order valence-corrected chi connectivity index (χ4v) is 4.58. The van der Waals surface area contributed by atoms with Crippen LogP contribution < -0.4 is 0 Å². The van der Waals surface area contributed by atoms with Gasteiger partial charge in [0.15, 0.2) is 0 Å². The van der Waals surface area contributed by atoms with Gasteiger partial charge in [-0.05, 0) is 43.0 Å². The Hall–Kier alpha value is -3.15. The van der Waals surface area contributed by atoms with Crippen molar-refractivity contribution >= 4 is 17.8 Å². The lowest BCUT2D eigenvalue weighted by molar-refractivity contribution is -0.156. The smallest absolute Gasteiger partial charge is 0.328 e. The summed E-state index contributed by atoms with van der Waals surface area (Å²) in [7, 11) is 1.36. The summed E-state index contributed by atoms with van der Waals surface area (Å²) in [5.74, 6) is -0.843. The van der Waals surface area contributed by atoms with Gasteiger partial charge < -0.3 is 14.5 Å². The first-order valence-corrected chi connectivity index (χ1v) is 10.8. The summed E-state index contributed by atoms with van der Waals surface area (Å²) in [5.41, 5.74) is 3.86. The topological polar surface area (TPSA) is 66.9 Å². The molecule has 0 N–H and O–H groups in total. The Bertz CT molecular complexity index is 985. The number of rotatable bonds is 3. The molecular formula is C25H28N2O4. The van der Waals surface area contributed by atoms with Gasteiger partial charge in [0.2, 0.25) is 5.91 Å². The molecule has 2 unspecified atom stereocenters. The van der Waals surface area contributed by atoms with Crippen molar-refractivity contribution in [2.24, 2.45) is 5.92 Å². The van der Waals surface area contributed by atoms with Gasteiger partial charge in [0, 0.05) is 31.6 Å². The van der Waals surface area contributed by atoms with Crippen LogP contribution in [0.4, 0.5) is 0 Å². The molecule has 4 rings (SSSR count). The van der Waals surface area contributed by atoms with E-state index in [9.17, 15) is 14.4 Å². The number of methoxy groups -OCH3 is 1. The number of carbonyl (C=O) groups is 3. The molecule has 0 aliphatic carbocycles. The molecule has 162 valence electrons. The quantitative estimate of drug-likeness (QED) is 0.716. The summed E-state index contributed by atoms with van der Waals surface area (Å²) in [5, 5.41) is 0. The fraction of sp³-hybridized carbons (Fsp3) is 0.400. The Labute approximate surface area is 182 Å². The molecule has 0 saturated carbocycles. The molecule has 1 saturated heterocycles. The van der Waals surface area contributed by atoms with Gasteiger partial charge in [-0.1, -0.05) is 42.0 Å². The number of amides is 2. The molecule has 2 aliphatic heterocycles.